The van der Waals surface area contributed by atoms with E-state index < -0.39 is 5.97 Å². The number of phenols is 1. The molecule has 1 aromatic carbocycles. The molecule has 0 saturated carbocycles. The zero-order valence-corrected chi connectivity index (χ0v) is 12.2. The summed E-state index contributed by atoms with van der Waals surface area (Å²) in [6.45, 7) is 0.514. The van der Waals surface area contributed by atoms with Gasteiger partial charge in [0, 0.05) is 23.6 Å². The molecule has 5 nitrogen and oxygen atoms in total. The number of halogens is 1. The maximum atomic E-state index is 12.4. The van der Waals surface area contributed by atoms with Crippen molar-refractivity contribution >= 4 is 35.2 Å². The Kier molecular flexibility index (Phi) is 4.77. The number of aliphatic carboxylic acids is 1. The summed E-state index contributed by atoms with van der Waals surface area (Å²) < 4.78 is 0. The molecule has 0 spiro atoms. The zero-order chi connectivity index (χ0) is 14.7. The number of amides is 1. The minimum Gasteiger partial charge on any atom is -0.506 e. The summed E-state index contributed by atoms with van der Waals surface area (Å²) in [5.74, 6) is 0.148. The van der Waals surface area contributed by atoms with Crippen LogP contribution in [0.1, 0.15) is 16.8 Å². The van der Waals surface area contributed by atoms with E-state index in [1.165, 1.54) is 18.2 Å². The van der Waals surface area contributed by atoms with Gasteiger partial charge < -0.3 is 15.1 Å². The van der Waals surface area contributed by atoms with Crippen molar-refractivity contribution in [2.24, 2.45) is 0 Å². The molecule has 20 heavy (non-hydrogen) atoms. The number of rotatable bonds is 3. The Morgan fingerprint density at radius 1 is 1.45 bits per heavy atom. The third-order valence-corrected chi connectivity index (χ3v) is 4.49. The van der Waals surface area contributed by atoms with Gasteiger partial charge in [-0.05, 0) is 18.2 Å². The molecule has 1 fully saturated rings. The maximum absolute atomic E-state index is 12.4. The molecule has 1 atom stereocenters. The van der Waals surface area contributed by atoms with E-state index >= 15 is 0 Å². The molecule has 0 radical (unpaired) electrons. The molecule has 2 rings (SSSR count). The van der Waals surface area contributed by atoms with Crippen LogP contribution in [0.5, 0.6) is 5.75 Å². The largest absolute Gasteiger partial charge is 0.506 e. The van der Waals surface area contributed by atoms with Gasteiger partial charge in [0.15, 0.2) is 0 Å². The molecule has 1 aliphatic rings. The molecule has 1 saturated heterocycles. The lowest BCUT2D eigenvalue weighted by atomic mass is 10.1. The monoisotopic (exact) mass is 315 g/mol. The van der Waals surface area contributed by atoms with Crippen molar-refractivity contribution in [2.75, 3.05) is 18.1 Å². The van der Waals surface area contributed by atoms with Gasteiger partial charge in [0.2, 0.25) is 0 Å². The maximum Gasteiger partial charge on any atom is 0.305 e. The first-order valence-electron chi connectivity index (χ1n) is 6.08. The van der Waals surface area contributed by atoms with Gasteiger partial charge in [-0.1, -0.05) is 11.6 Å². The van der Waals surface area contributed by atoms with Crippen LogP contribution in [0.3, 0.4) is 0 Å². The van der Waals surface area contributed by atoms with Crippen molar-refractivity contribution in [1.29, 1.82) is 0 Å². The Morgan fingerprint density at radius 3 is 2.85 bits per heavy atom. The van der Waals surface area contributed by atoms with Gasteiger partial charge in [0.1, 0.15) is 5.75 Å². The van der Waals surface area contributed by atoms with Crippen LogP contribution in [0.15, 0.2) is 18.2 Å². The topological polar surface area (TPSA) is 77.8 Å². The molecule has 7 heteroatoms. The fourth-order valence-electron chi connectivity index (χ4n) is 2.10. The highest BCUT2D eigenvalue weighted by Gasteiger charge is 2.29. The number of hydrogen-bond acceptors (Lipinski definition) is 4. The van der Waals surface area contributed by atoms with Crippen LogP contribution in [0, 0.1) is 0 Å². The van der Waals surface area contributed by atoms with Crippen LogP contribution in [0.4, 0.5) is 0 Å². The van der Waals surface area contributed by atoms with Gasteiger partial charge >= 0.3 is 5.97 Å². The number of carboxylic acid groups (broad SMARTS) is 1. The third-order valence-electron chi connectivity index (χ3n) is 3.09. The number of nitrogens with zero attached hydrogens (tertiary/aromatic N) is 1. The standard InChI is InChI=1S/C13H14ClNO4S/c14-10-5-8(1-2-11(10)16)13(19)15-3-4-20-7-9(15)6-12(17)18/h1-2,5,9,16H,3-4,6-7H2,(H,17,18). The Morgan fingerprint density at radius 2 is 2.20 bits per heavy atom. The van der Waals surface area contributed by atoms with Gasteiger partial charge in [0.05, 0.1) is 17.5 Å². The summed E-state index contributed by atoms with van der Waals surface area (Å²) in [5.41, 5.74) is 0.357. The van der Waals surface area contributed by atoms with E-state index in [1.54, 1.807) is 16.7 Å². The number of phenolic OH excluding ortho intramolecular Hbond substituents is 1. The van der Waals surface area contributed by atoms with E-state index in [9.17, 15) is 14.7 Å². The van der Waals surface area contributed by atoms with Crippen LogP contribution in [-0.4, -0.2) is 51.1 Å². The molecule has 1 aliphatic heterocycles. The van der Waals surface area contributed by atoms with E-state index in [0.717, 1.165) is 5.75 Å². The summed E-state index contributed by atoms with van der Waals surface area (Å²) in [6.07, 6.45) is -0.0649. The normalized spacial score (nSPS) is 18.9. The molecular formula is C13H14ClNO4S. The molecule has 0 bridgehead atoms. The zero-order valence-electron chi connectivity index (χ0n) is 10.6. The number of thioether (sulfide) groups is 1. The van der Waals surface area contributed by atoms with Crippen molar-refractivity contribution in [3.63, 3.8) is 0 Å². The Bertz CT molecular complexity index is 537. The summed E-state index contributed by atoms with van der Waals surface area (Å²) >= 11 is 7.44. The first-order chi connectivity index (χ1) is 9.49. The molecule has 1 unspecified atom stereocenters. The molecule has 2 N–H and O–H groups in total. The minimum absolute atomic E-state index is 0.0649. The Labute approximate surface area is 125 Å². The number of carbonyl (C=O) groups excluding carboxylic acids is 1. The predicted octanol–water partition coefficient (Wildman–Crippen LogP) is 2.08. The second kappa shape index (κ2) is 6.37. The van der Waals surface area contributed by atoms with Gasteiger partial charge in [0.25, 0.3) is 5.91 Å². The first kappa shape index (κ1) is 15.0. The Balaban J connectivity index is 2.20. The van der Waals surface area contributed by atoms with Crippen LogP contribution >= 0.6 is 23.4 Å². The lowest BCUT2D eigenvalue weighted by Crippen LogP contribution is -2.47. The van der Waals surface area contributed by atoms with Gasteiger partial charge in [-0.25, -0.2) is 0 Å². The van der Waals surface area contributed by atoms with Crippen LogP contribution < -0.4 is 0 Å². The average molecular weight is 316 g/mol. The summed E-state index contributed by atoms with van der Waals surface area (Å²) in [6, 6.07) is 3.94. The molecule has 1 aromatic rings. The minimum atomic E-state index is -0.918. The molecule has 1 amide bonds. The van der Waals surface area contributed by atoms with E-state index in [2.05, 4.69) is 0 Å². The molecule has 0 aromatic heterocycles. The van der Waals surface area contributed by atoms with E-state index in [4.69, 9.17) is 16.7 Å². The molecule has 108 valence electrons. The Hall–Kier alpha value is -1.40. The van der Waals surface area contributed by atoms with Crippen molar-refractivity contribution in [3.05, 3.63) is 28.8 Å². The number of benzene rings is 1. The smallest absolute Gasteiger partial charge is 0.305 e. The van der Waals surface area contributed by atoms with Crippen LogP contribution in [0.25, 0.3) is 0 Å². The number of aromatic hydroxyl groups is 1. The molecular weight excluding hydrogens is 302 g/mol. The second-order valence-electron chi connectivity index (χ2n) is 4.49. The van der Waals surface area contributed by atoms with Gasteiger partial charge in [-0.2, -0.15) is 11.8 Å². The number of carboxylic acids is 1. The summed E-state index contributed by atoms with van der Waals surface area (Å²) in [7, 11) is 0. The van der Waals surface area contributed by atoms with E-state index in [-0.39, 0.29) is 29.1 Å². The van der Waals surface area contributed by atoms with Crippen molar-refractivity contribution < 1.29 is 19.8 Å². The van der Waals surface area contributed by atoms with Crippen LogP contribution in [-0.2, 0) is 4.79 Å². The quantitative estimate of drug-likeness (QED) is 0.893. The number of carbonyl (C=O) groups is 2. The highest BCUT2D eigenvalue weighted by molar-refractivity contribution is 7.99. The van der Waals surface area contributed by atoms with Crippen LogP contribution in [0.2, 0.25) is 5.02 Å². The average Bonchev–Trinajstić information content (AvgIpc) is 2.41. The molecule has 1 heterocycles. The van der Waals surface area contributed by atoms with Gasteiger partial charge in [-0.15, -0.1) is 0 Å². The lowest BCUT2D eigenvalue weighted by molar-refractivity contribution is -0.138. The SMILES string of the molecule is O=C(O)CC1CSCCN1C(=O)c1ccc(O)c(Cl)c1. The van der Waals surface area contributed by atoms with Crippen molar-refractivity contribution in [1.82, 2.24) is 4.90 Å². The van der Waals surface area contributed by atoms with E-state index in [1.807, 2.05) is 0 Å². The highest BCUT2D eigenvalue weighted by Crippen LogP contribution is 2.26. The van der Waals surface area contributed by atoms with Crippen molar-refractivity contribution in [2.45, 2.75) is 12.5 Å². The molecule has 0 aliphatic carbocycles. The summed E-state index contributed by atoms with van der Waals surface area (Å²) in [5, 5.41) is 18.4. The van der Waals surface area contributed by atoms with E-state index in [0.29, 0.717) is 17.9 Å². The fraction of sp³-hybridized carbons (Fsp3) is 0.385. The fourth-order valence-corrected chi connectivity index (χ4v) is 3.34. The predicted molar refractivity (Wildman–Crippen MR) is 77.5 cm³/mol. The third kappa shape index (κ3) is 3.37. The number of hydrogen-bond donors (Lipinski definition) is 2. The van der Waals surface area contributed by atoms with Gasteiger partial charge in [-0.3, -0.25) is 9.59 Å². The summed E-state index contributed by atoms with van der Waals surface area (Å²) in [4.78, 5) is 24.9. The lowest BCUT2D eigenvalue weighted by Gasteiger charge is -2.34. The van der Waals surface area contributed by atoms with Crippen molar-refractivity contribution in [3.8, 4) is 5.75 Å². The highest BCUT2D eigenvalue weighted by atomic mass is 35.5. The first-order valence-corrected chi connectivity index (χ1v) is 7.61. The second-order valence-corrected chi connectivity index (χ2v) is 6.05.